The average Bonchev–Trinajstić information content (AvgIpc) is 2.73. The Kier molecular flexibility index (Phi) is 3.59. The number of nitrogens with zero attached hydrogens (tertiary/aromatic N) is 2. The van der Waals surface area contributed by atoms with E-state index in [0.29, 0.717) is 11.6 Å². The molecule has 5 heteroatoms. The molecule has 0 saturated heterocycles. The lowest BCUT2D eigenvalue weighted by Crippen LogP contribution is -1.98. The summed E-state index contributed by atoms with van der Waals surface area (Å²) in [5, 5.41) is 5.12. The third-order valence-electron chi connectivity index (χ3n) is 2.86. The van der Waals surface area contributed by atoms with Gasteiger partial charge in [-0.25, -0.2) is 0 Å². The zero-order valence-electron chi connectivity index (χ0n) is 10.7. The molecule has 0 fully saturated rings. The Balaban J connectivity index is 2.65. The van der Waals surface area contributed by atoms with Gasteiger partial charge in [0.2, 0.25) is 0 Å². The van der Waals surface area contributed by atoms with E-state index in [9.17, 15) is 0 Å². The SMILES string of the molecule is COc1cc(C)c(Cl)cc1-c1nn(C)cc1CN. The number of benzene rings is 1. The predicted octanol–water partition coefficient (Wildman–Crippen LogP) is 2.52. The van der Waals surface area contributed by atoms with Crippen LogP contribution in [0.5, 0.6) is 5.75 Å². The van der Waals surface area contributed by atoms with Gasteiger partial charge in [-0.1, -0.05) is 11.6 Å². The van der Waals surface area contributed by atoms with Gasteiger partial charge in [0.15, 0.2) is 0 Å². The van der Waals surface area contributed by atoms with Crippen LogP contribution in [0.4, 0.5) is 0 Å². The summed E-state index contributed by atoms with van der Waals surface area (Å²) < 4.78 is 7.14. The van der Waals surface area contributed by atoms with E-state index in [2.05, 4.69) is 5.10 Å². The number of hydrogen-bond acceptors (Lipinski definition) is 3. The molecule has 0 atom stereocenters. The molecule has 96 valence electrons. The van der Waals surface area contributed by atoms with Crippen molar-refractivity contribution in [2.45, 2.75) is 13.5 Å². The molecule has 0 amide bonds. The van der Waals surface area contributed by atoms with Crippen molar-refractivity contribution in [2.75, 3.05) is 7.11 Å². The third-order valence-corrected chi connectivity index (χ3v) is 3.27. The minimum atomic E-state index is 0.428. The van der Waals surface area contributed by atoms with Crippen LogP contribution in [0.1, 0.15) is 11.1 Å². The van der Waals surface area contributed by atoms with Gasteiger partial charge >= 0.3 is 0 Å². The summed E-state index contributed by atoms with van der Waals surface area (Å²) in [6.45, 7) is 2.37. The smallest absolute Gasteiger partial charge is 0.128 e. The van der Waals surface area contributed by atoms with Crippen molar-refractivity contribution in [3.63, 3.8) is 0 Å². The molecule has 0 spiro atoms. The maximum Gasteiger partial charge on any atom is 0.128 e. The topological polar surface area (TPSA) is 53.1 Å². The van der Waals surface area contributed by atoms with Crippen molar-refractivity contribution in [2.24, 2.45) is 12.8 Å². The van der Waals surface area contributed by atoms with E-state index in [-0.39, 0.29) is 0 Å². The highest BCUT2D eigenvalue weighted by Crippen LogP contribution is 2.35. The van der Waals surface area contributed by atoms with Crippen LogP contribution in [0, 0.1) is 6.92 Å². The first kappa shape index (κ1) is 12.9. The maximum atomic E-state index is 6.17. The van der Waals surface area contributed by atoms with Gasteiger partial charge in [0, 0.05) is 35.9 Å². The first-order valence-corrected chi connectivity index (χ1v) is 6.01. The van der Waals surface area contributed by atoms with Gasteiger partial charge in [0.05, 0.1) is 7.11 Å². The van der Waals surface area contributed by atoms with Gasteiger partial charge in [-0.2, -0.15) is 5.10 Å². The molecule has 0 aliphatic heterocycles. The zero-order valence-corrected chi connectivity index (χ0v) is 11.5. The number of ether oxygens (including phenoxy) is 1. The molecule has 2 N–H and O–H groups in total. The van der Waals surface area contributed by atoms with Crippen LogP contribution in [0.2, 0.25) is 5.02 Å². The highest BCUT2D eigenvalue weighted by atomic mass is 35.5. The van der Waals surface area contributed by atoms with Gasteiger partial charge in [0.25, 0.3) is 0 Å². The quantitative estimate of drug-likeness (QED) is 0.928. The molecule has 0 aliphatic carbocycles. The Morgan fingerprint density at radius 1 is 1.44 bits per heavy atom. The monoisotopic (exact) mass is 265 g/mol. The molecule has 0 unspecified atom stereocenters. The molecule has 2 aromatic rings. The number of methoxy groups -OCH3 is 1. The average molecular weight is 266 g/mol. The van der Waals surface area contributed by atoms with E-state index in [1.54, 1.807) is 11.8 Å². The van der Waals surface area contributed by atoms with E-state index in [0.717, 1.165) is 28.1 Å². The lowest BCUT2D eigenvalue weighted by molar-refractivity contribution is 0.416. The number of aromatic nitrogens is 2. The number of halogens is 1. The van der Waals surface area contributed by atoms with E-state index < -0.39 is 0 Å². The number of hydrogen-bond donors (Lipinski definition) is 1. The standard InChI is InChI=1S/C13H16ClN3O/c1-8-4-12(18-3)10(5-11(8)14)13-9(6-15)7-17(2)16-13/h4-5,7H,6,15H2,1-3H3. The minimum absolute atomic E-state index is 0.428. The molecular weight excluding hydrogens is 250 g/mol. The van der Waals surface area contributed by atoms with Gasteiger partial charge in [-0.15, -0.1) is 0 Å². The fraction of sp³-hybridized carbons (Fsp3) is 0.308. The lowest BCUT2D eigenvalue weighted by Gasteiger charge is -2.10. The Morgan fingerprint density at radius 3 is 2.78 bits per heavy atom. The van der Waals surface area contributed by atoms with Crippen LogP contribution in [-0.2, 0) is 13.6 Å². The van der Waals surface area contributed by atoms with Crippen LogP contribution >= 0.6 is 11.6 Å². The Bertz CT molecular complexity index is 578. The largest absolute Gasteiger partial charge is 0.496 e. The van der Waals surface area contributed by atoms with Crippen LogP contribution < -0.4 is 10.5 Å². The Hall–Kier alpha value is -1.52. The molecule has 18 heavy (non-hydrogen) atoms. The third kappa shape index (κ3) is 2.21. The van der Waals surface area contributed by atoms with E-state index in [1.807, 2.05) is 32.3 Å². The molecule has 0 bridgehead atoms. The highest BCUT2D eigenvalue weighted by Gasteiger charge is 2.15. The fourth-order valence-electron chi connectivity index (χ4n) is 1.92. The number of rotatable bonds is 3. The molecule has 0 aliphatic rings. The maximum absolute atomic E-state index is 6.17. The van der Waals surface area contributed by atoms with Crippen LogP contribution in [0.15, 0.2) is 18.3 Å². The predicted molar refractivity (Wildman–Crippen MR) is 72.8 cm³/mol. The van der Waals surface area contributed by atoms with Crippen molar-refractivity contribution in [3.05, 3.63) is 34.5 Å². The first-order chi connectivity index (χ1) is 8.56. The summed E-state index contributed by atoms with van der Waals surface area (Å²) in [5.74, 6) is 0.755. The van der Waals surface area contributed by atoms with Crippen LogP contribution in [0.25, 0.3) is 11.3 Å². The van der Waals surface area contributed by atoms with Crippen molar-refractivity contribution in [1.29, 1.82) is 0 Å². The summed E-state index contributed by atoms with van der Waals surface area (Å²) >= 11 is 6.17. The van der Waals surface area contributed by atoms with Gasteiger partial charge in [-0.3, -0.25) is 4.68 Å². The van der Waals surface area contributed by atoms with E-state index in [4.69, 9.17) is 22.1 Å². The van der Waals surface area contributed by atoms with Crippen molar-refractivity contribution in [3.8, 4) is 17.0 Å². The number of aryl methyl sites for hydroxylation is 2. The molecule has 2 rings (SSSR count). The van der Waals surface area contributed by atoms with Crippen molar-refractivity contribution in [1.82, 2.24) is 9.78 Å². The molecule has 1 aromatic carbocycles. The fourth-order valence-corrected chi connectivity index (χ4v) is 2.09. The summed E-state index contributed by atoms with van der Waals surface area (Å²) in [4.78, 5) is 0. The molecule has 1 heterocycles. The first-order valence-electron chi connectivity index (χ1n) is 5.64. The molecule has 4 nitrogen and oxygen atoms in total. The van der Waals surface area contributed by atoms with Crippen LogP contribution in [-0.4, -0.2) is 16.9 Å². The van der Waals surface area contributed by atoms with Gasteiger partial charge in [0.1, 0.15) is 11.4 Å². The molecule has 0 radical (unpaired) electrons. The molecular formula is C13H16ClN3O. The lowest BCUT2D eigenvalue weighted by atomic mass is 10.0. The summed E-state index contributed by atoms with van der Waals surface area (Å²) in [6.07, 6.45) is 1.91. The second-order valence-electron chi connectivity index (χ2n) is 4.18. The normalized spacial score (nSPS) is 10.7. The minimum Gasteiger partial charge on any atom is -0.496 e. The summed E-state index contributed by atoms with van der Waals surface area (Å²) in [7, 11) is 3.50. The molecule has 1 aromatic heterocycles. The van der Waals surface area contributed by atoms with E-state index >= 15 is 0 Å². The Morgan fingerprint density at radius 2 is 2.17 bits per heavy atom. The van der Waals surface area contributed by atoms with Crippen LogP contribution in [0.3, 0.4) is 0 Å². The van der Waals surface area contributed by atoms with Gasteiger partial charge in [-0.05, 0) is 24.6 Å². The Labute approximate surface area is 111 Å². The number of nitrogens with two attached hydrogens (primary N) is 1. The van der Waals surface area contributed by atoms with Gasteiger partial charge < -0.3 is 10.5 Å². The summed E-state index contributed by atoms with van der Waals surface area (Å²) in [5.41, 5.74) is 9.36. The highest BCUT2D eigenvalue weighted by molar-refractivity contribution is 6.31. The van der Waals surface area contributed by atoms with E-state index in [1.165, 1.54) is 0 Å². The second-order valence-corrected chi connectivity index (χ2v) is 4.59. The summed E-state index contributed by atoms with van der Waals surface area (Å²) in [6, 6.07) is 3.78. The van der Waals surface area contributed by atoms with Crippen molar-refractivity contribution < 1.29 is 4.74 Å². The van der Waals surface area contributed by atoms with Crippen molar-refractivity contribution >= 4 is 11.6 Å². The zero-order chi connectivity index (χ0) is 13.3. The molecule has 0 saturated carbocycles. The second kappa shape index (κ2) is 5.00.